The Balaban J connectivity index is 2.41. The number of esters is 2. The molecular weight excluding hydrogens is 700 g/mol. The van der Waals surface area contributed by atoms with Gasteiger partial charge in [0.05, 0.1) is 13.2 Å². The van der Waals surface area contributed by atoms with Gasteiger partial charge in [0.2, 0.25) is 0 Å². The number of carbonyl (C=O) groups excluding carboxylic acids is 2. The second-order valence-electron chi connectivity index (χ2n) is 14.4. The van der Waals surface area contributed by atoms with E-state index in [0.717, 1.165) is 70.6 Å². The van der Waals surface area contributed by atoms with Crippen LogP contribution >= 0.6 is 0 Å². The number of aliphatic hydroxyl groups excluding tert-OH is 4. The third kappa shape index (κ3) is 27.6. The summed E-state index contributed by atoms with van der Waals surface area (Å²) in [6.07, 6.45) is 35.1. The summed E-state index contributed by atoms with van der Waals surface area (Å²) in [4.78, 5) is 25.3. The van der Waals surface area contributed by atoms with E-state index in [0.29, 0.717) is 12.8 Å². The van der Waals surface area contributed by atoms with Crippen LogP contribution in [-0.4, -0.2) is 89.0 Å². The zero-order valence-corrected chi connectivity index (χ0v) is 34.2. The van der Waals surface area contributed by atoms with Crippen LogP contribution in [0.5, 0.6) is 0 Å². The fourth-order valence-corrected chi connectivity index (χ4v) is 5.93. The molecule has 0 aliphatic carbocycles. The van der Waals surface area contributed by atoms with E-state index in [4.69, 9.17) is 18.9 Å². The average Bonchev–Trinajstić information content (AvgIpc) is 3.18. The summed E-state index contributed by atoms with van der Waals surface area (Å²) in [6, 6.07) is 0. The van der Waals surface area contributed by atoms with Gasteiger partial charge in [0.15, 0.2) is 12.4 Å². The molecule has 0 aromatic carbocycles. The molecule has 4 N–H and O–H groups in total. The minimum Gasteiger partial charge on any atom is -0.462 e. The Hall–Kier alpha value is -2.60. The summed E-state index contributed by atoms with van der Waals surface area (Å²) < 4.78 is 22.1. The van der Waals surface area contributed by atoms with Gasteiger partial charge in [-0.25, -0.2) is 0 Å². The van der Waals surface area contributed by atoms with Crippen molar-refractivity contribution in [3.05, 3.63) is 60.8 Å². The molecule has 10 nitrogen and oxygen atoms in total. The molecule has 0 saturated carbocycles. The number of hydrogen-bond donors (Lipinski definition) is 4. The van der Waals surface area contributed by atoms with Crippen molar-refractivity contribution in [3.8, 4) is 0 Å². The van der Waals surface area contributed by atoms with Crippen LogP contribution in [0.3, 0.4) is 0 Å². The molecule has 2 unspecified atom stereocenters. The molecule has 1 heterocycles. The molecule has 0 aromatic rings. The highest BCUT2D eigenvalue weighted by Crippen LogP contribution is 2.22. The molecule has 55 heavy (non-hydrogen) atoms. The maximum absolute atomic E-state index is 12.7. The van der Waals surface area contributed by atoms with E-state index in [1.165, 1.54) is 44.9 Å². The molecule has 316 valence electrons. The van der Waals surface area contributed by atoms with Gasteiger partial charge in [-0.2, -0.15) is 0 Å². The SMILES string of the molecule is CCCCC/C=C/C/C=C/C/C=C/CCCCC(=O)O[C@@H](COC(=O)CCCCCCC/C=C/C/C=C/CCCCC)CO[C@H]1O[C@@H](CO)[C@@H](O)C(O)C1O. The van der Waals surface area contributed by atoms with Gasteiger partial charge in [0.25, 0.3) is 0 Å². The highest BCUT2D eigenvalue weighted by molar-refractivity contribution is 5.70. The summed E-state index contributed by atoms with van der Waals surface area (Å²) in [7, 11) is 0. The quantitative estimate of drug-likeness (QED) is 0.0284. The summed E-state index contributed by atoms with van der Waals surface area (Å²) in [5.74, 6) is -0.873. The van der Waals surface area contributed by atoms with Gasteiger partial charge in [-0.15, -0.1) is 0 Å². The fraction of sp³-hybridized carbons (Fsp3) is 0.733. The third-order valence-electron chi connectivity index (χ3n) is 9.38. The van der Waals surface area contributed by atoms with Crippen molar-refractivity contribution in [2.24, 2.45) is 0 Å². The van der Waals surface area contributed by atoms with Crippen LogP contribution in [0.2, 0.25) is 0 Å². The highest BCUT2D eigenvalue weighted by Gasteiger charge is 2.44. The molecule has 6 atom stereocenters. The van der Waals surface area contributed by atoms with Crippen molar-refractivity contribution in [1.82, 2.24) is 0 Å². The lowest BCUT2D eigenvalue weighted by molar-refractivity contribution is -0.305. The maximum Gasteiger partial charge on any atom is 0.306 e. The van der Waals surface area contributed by atoms with E-state index in [2.05, 4.69) is 74.6 Å². The Kier molecular flexibility index (Phi) is 32.8. The first-order valence-corrected chi connectivity index (χ1v) is 21.4. The van der Waals surface area contributed by atoms with Gasteiger partial charge >= 0.3 is 11.9 Å². The first-order chi connectivity index (χ1) is 26.8. The zero-order valence-electron chi connectivity index (χ0n) is 34.2. The molecule has 10 heteroatoms. The Morgan fingerprint density at radius 3 is 1.56 bits per heavy atom. The van der Waals surface area contributed by atoms with Crippen LogP contribution in [0.4, 0.5) is 0 Å². The fourth-order valence-electron chi connectivity index (χ4n) is 5.93. The first-order valence-electron chi connectivity index (χ1n) is 21.4. The van der Waals surface area contributed by atoms with E-state index in [9.17, 15) is 30.0 Å². The van der Waals surface area contributed by atoms with Crippen LogP contribution in [0, 0.1) is 0 Å². The molecule has 1 rings (SSSR count). The van der Waals surface area contributed by atoms with Crippen molar-refractivity contribution in [1.29, 1.82) is 0 Å². The molecule has 0 spiro atoms. The highest BCUT2D eigenvalue weighted by atomic mass is 16.7. The predicted octanol–water partition coefficient (Wildman–Crippen LogP) is 8.66. The Labute approximate surface area is 332 Å². The molecule has 0 radical (unpaired) electrons. The zero-order chi connectivity index (χ0) is 40.2. The number of hydrogen-bond acceptors (Lipinski definition) is 10. The Morgan fingerprint density at radius 2 is 1.02 bits per heavy atom. The van der Waals surface area contributed by atoms with Crippen molar-refractivity contribution < 1.29 is 49.0 Å². The van der Waals surface area contributed by atoms with Gasteiger partial charge in [-0.05, 0) is 83.5 Å². The number of carbonyl (C=O) groups is 2. The summed E-state index contributed by atoms with van der Waals surface area (Å²) >= 11 is 0. The summed E-state index contributed by atoms with van der Waals surface area (Å²) in [5.41, 5.74) is 0. The number of rotatable bonds is 34. The molecule has 1 aliphatic heterocycles. The van der Waals surface area contributed by atoms with Crippen LogP contribution in [0.25, 0.3) is 0 Å². The van der Waals surface area contributed by atoms with E-state index < -0.39 is 55.4 Å². The summed E-state index contributed by atoms with van der Waals surface area (Å²) in [6.45, 7) is 3.29. The predicted molar refractivity (Wildman–Crippen MR) is 219 cm³/mol. The largest absolute Gasteiger partial charge is 0.462 e. The Bertz CT molecular complexity index is 1080. The first kappa shape index (κ1) is 50.4. The number of unbranched alkanes of at least 4 members (excludes halogenated alkanes) is 13. The van der Waals surface area contributed by atoms with Crippen LogP contribution in [-0.2, 0) is 28.5 Å². The van der Waals surface area contributed by atoms with E-state index >= 15 is 0 Å². The van der Waals surface area contributed by atoms with E-state index in [-0.39, 0.29) is 26.1 Å². The molecule has 0 aromatic heterocycles. The molecule has 1 fully saturated rings. The average molecular weight is 777 g/mol. The number of ether oxygens (including phenoxy) is 4. The van der Waals surface area contributed by atoms with Gasteiger partial charge in [0, 0.05) is 12.8 Å². The van der Waals surface area contributed by atoms with Gasteiger partial charge in [-0.3, -0.25) is 9.59 Å². The second-order valence-corrected chi connectivity index (χ2v) is 14.4. The van der Waals surface area contributed by atoms with Crippen molar-refractivity contribution in [2.75, 3.05) is 19.8 Å². The topological polar surface area (TPSA) is 152 Å². The molecule has 1 aliphatic rings. The van der Waals surface area contributed by atoms with Crippen molar-refractivity contribution in [2.45, 2.75) is 192 Å². The number of aliphatic hydroxyl groups is 4. The minimum atomic E-state index is -1.61. The maximum atomic E-state index is 12.7. The normalized spacial score (nSPS) is 21.2. The standard InChI is InChI=1S/C45H76O10/c1-3-5-7-9-11-13-15-17-19-21-23-25-27-29-31-33-40(47)52-36-38(37-53-45-44(51)43(50)42(49)39(35-46)55-45)54-41(48)34-32-30-28-26-24-22-20-18-16-14-12-10-8-6-4-2/h11-14,17-20,24,26,38-39,42-46,49-51H,3-10,15-16,21-23,25,27-37H2,1-2H3/b13-11+,14-12+,19-17+,20-18+,26-24+/t38-,39-,42+,43?,44?,45-/m0/s1. The monoisotopic (exact) mass is 777 g/mol. The van der Waals surface area contributed by atoms with Crippen molar-refractivity contribution >= 4 is 11.9 Å². The van der Waals surface area contributed by atoms with Crippen molar-refractivity contribution in [3.63, 3.8) is 0 Å². The Morgan fingerprint density at radius 1 is 0.564 bits per heavy atom. The lowest BCUT2D eigenvalue weighted by atomic mass is 9.99. The molecule has 0 bridgehead atoms. The smallest absolute Gasteiger partial charge is 0.306 e. The third-order valence-corrected chi connectivity index (χ3v) is 9.38. The molecular formula is C45H76O10. The summed E-state index contributed by atoms with van der Waals surface area (Å²) in [5, 5.41) is 40.0. The van der Waals surface area contributed by atoms with Gasteiger partial charge in [0.1, 0.15) is 31.0 Å². The van der Waals surface area contributed by atoms with Crippen LogP contribution in [0.1, 0.15) is 155 Å². The lowest BCUT2D eigenvalue weighted by Crippen LogP contribution is -2.59. The molecule has 0 amide bonds. The minimum absolute atomic E-state index is 0.175. The van der Waals surface area contributed by atoms with Crippen LogP contribution < -0.4 is 0 Å². The van der Waals surface area contributed by atoms with Gasteiger partial charge < -0.3 is 39.4 Å². The second kappa shape index (κ2) is 35.8. The van der Waals surface area contributed by atoms with Gasteiger partial charge in [-0.1, -0.05) is 120 Å². The van der Waals surface area contributed by atoms with Crippen LogP contribution in [0.15, 0.2) is 60.8 Å². The van der Waals surface area contributed by atoms with E-state index in [1.54, 1.807) is 0 Å². The molecule has 1 saturated heterocycles. The lowest BCUT2D eigenvalue weighted by Gasteiger charge is -2.39. The van der Waals surface area contributed by atoms with E-state index in [1.807, 2.05) is 0 Å². The number of allylic oxidation sites excluding steroid dienone is 10.